The fourth-order valence-corrected chi connectivity index (χ4v) is 6.40. The Labute approximate surface area is 201 Å². The lowest BCUT2D eigenvalue weighted by atomic mass is 10.0. The third kappa shape index (κ3) is 18.3. The summed E-state index contributed by atoms with van der Waals surface area (Å²) in [6.45, 7) is 4.46. The van der Waals surface area contributed by atoms with Crippen LogP contribution in [0.15, 0.2) is 12.2 Å². The smallest absolute Gasteiger partial charge is 0.320 e. The van der Waals surface area contributed by atoms with Crippen molar-refractivity contribution in [2.75, 3.05) is 27.7 Å². The summed E-state index contributed by atoms with van der Waals surface area (Å²) in [5.74, 6) is -0.347. The summed E-state index contributed by atoms with van der Waals surface area (Å²) in [6, 6.07) is 0. The van der Waals surface area contributed by atoms with Crippen LogP contribution in [0.5, 0.6) is 0 Å². The molecule has 0 aromatic carbocycles. The van der Waals surface area contributed by atoms with Gasteiger partial charge in [0.1, 0.15) is 0 Å². The van der Waals surface area contributed by atoms with Gasteiger partial charge in [0, 0.05) is 6.42 Å². The van der Waals surface area contributed by atoms with E-state index in [0.717, 1.165) is 12.8 Å². The summed E-state index contributed by atoms with van der Waals surface area (Å²) in [7, 11) is 2.32. The van der Waals surface area contributed by atoms with Crippen LogP contribution < -0.4 is 0 Å². The fraction of sp³-hybridized carbons (Fsp3) is 0.926. The van der Waals surface area contributed by atoms with Crippen LogP contribution in [0.25, 0.3) is 0 Å². The molecular weight excluding hydrogens is 417 g/mol. The van der Waals surface area contributed by atoms with E-state index in [-0.39, 0.29) is 5.78 Å². The van der Waals surface area contributed by atoms with Crippen LogP contribution in [-0.2, 0) is 9.09 Å². The van der Waals surface area contributed by atoms with Crippen LogP contribution in [-0.4, -0.2) is 42.9 Å². The van der Waals surface area contributed by atoms with E-state index in [1.54, 1.807) is 0 Å². The van der Waals surface area contributed by atoms with E-state index in [4.69, 9.17) is 4.52 Å². The molecule has 0 aliphatic carbocycles. The molecule has 32 heavy (non-hydrogen) atoms. The molecule has 0 saturated carbocycles. The van der Waals surface area contributed by atoms with Gasteiger partial charge in [-0.25, -0.2) is 0 Å². The molecule has 0 fully saturated rings. The third-order valence-electron chi connectivity index (χ3n) is 6.41. The van der Waals surface area contributed by atoms with Crippen molar-refractivity contribution in [3.05, 3.63) is 12.2 Å². The highest BCUT2D eigenvalue weighted by Crippen LogP contribution is 2.51. The van der Waals surface area contributed by atoms with Gasteiger partial charge in [-0.3, -0.25) is 4.57 Å². The van der Waals surface area contributed by atoms with Crippen molar-refractivity contribution < 1.29 is 18.5 Å². The van der Waals surface area contributed by atoms with Gasteiger partial charge in [-0.2, -0.15) is 0 Å². The fourth-order valence-electron chi connectivity index (χ4n) is 4.50. The summed E-state index contributed by atoms with van der Waals surface area (Å²) < 4.78 is 18.4. The van der Waals surface area contributed by atoms with Gasteiger partial charge in [-0.05, 0) is 26.2 Å². The van der Waals surface area contributed by atoms with E-state index in [9.17, 15) is 9.46 Å². The van der Waals surface area contributed by atoms with Crippen molar-refractivity contribution in [1.29, 1.82) is 0 Å². The molecular formula is C27H57NO3P+. The Morgan fingerprint density at radius 3 is 1.47 bits per heavy atom. The van der Waals surface area contributed by atoms with Crippen molar-refractivity contribution in [2.45, 2.75) is 135 Å². The van der Waals surface area contributed by atoms with Crippen LogP contribution in [0.1, 0.15) is 129 Å². The average Bonchev–Trinajstić information content (AvgIpc) is 2.71. The van der Waals surface area contributed by atoms with Crippen molar-refractivity contribution in [2.24, 2.45) is 0 Å². The number of quaternary nitrogens is 1. The summed E-state index contributed by atoms with van der Waals surface area (Å²) in [4.78, 5) is 10.3. The highest BCUT2D eigenvalue weighted by molar-refractivity contribution is 7.53. The summed E-state index contributed by atoms with van der Waals surface area (Å²) in [5.41, 5.74) is 0. The van der Waals surface area contributed by atoms with E-state index in [1.807, 2.05) is 28.1 Å². The zero-order valence-electron chi connectivity index (χ0n) is 22.3. The van der Waals surface area contributed by atoms with Gasteiger partial charge in [-0.1, -0.05) is 109 Å². The second-order valence-electron chi connectivity index (χ2n) is 10.4. The first kappa shape index (κ1) is 31.9. The lowest BCUT2D eigenvalue weighted by Crippen LogP contribution is -2.44. The Balaban J connectivity index is 3.39. The van der Waals surface area contributed by atoms with Gasteiger partial charge in [-0.15, -0.1) is 0 Å². The normalized spacial score (nSPS) is 15.3. The lowest BCUT2D eigenvalue weighted by molar-refractivity contribution is -0.883. The quantitative estimate of drug-likeness (QED) is 0.0696. The zero-order chi connectivity index (χ0) is 24.1. The highest BCUT2D eigenvalue weighted by atomic mass is 31.2. The van der Waals surface area contributed by atoms with Crippen LogP contribution in [0.4, 0.5) is 0 Å². The van der Waals surface area contributed by atoms with Gasteiger partial charge in [0.05, 0.1) is 27.7 Å². The molecule has 0 spiro atoms. The minimum absolute atomic E-state index is 0.347. The topological polar surface area (TPSA) is 46.5 Å². The standard InChI is InChI=1S/C27H56NO3P/c1-6-8-9-10-11-12-13-14-15-16-17-18-19-20-21-22-23-24-25-26-31-32(29,30)27(7-2)28(3,4)5/h6,8,27H,7,9-26H2,1-5H3/p+1. The van der Waals surface area contributed by atoms with Gasteiger partial charge in [0.15, 0.2) is 5.78 Å². The summed E-state index contributed by atoms with van der Waals surface area (Å²) in [5, 5.41) is 0. The summed E-state index contributed by atoms with van der Waals surface area (Å²) in [6.07, 6.45) is 27.5. The highest BCUT2D eigenvalue weighted by Gasteiger charge is 2.41. The van der Waals surface area contributed by atoms with Crippen LogP contribution >= 0.6 is 7.60 Å². The zero-order valence-corrected chi connectivity index (χ0v) is 23.2. The van der Waals surface area contributed by atoms with Gasteiger partial charge < -0.3 is 13.9 Å². The SMILES string of the molecule is CC=CCCCCCCCCCCCCCCCCCCOP(=O)(O)C(CC)[N+](C)(C)C. The molecule has 5 heteroatoms. The molecule has 0 rings (SSSR count). The summed E-state index contributed by atoms with van der Waals surface area (Å²) >= 11 is 0. The monoisotopic (exact) mass is 474 g/mol. The van der Waals surface area contributed by atoms with Gasteiger partial charge in [0.25, 0.3) is 0 Å². The Kier molecular flexibility index (Phi) is 20.1. The van der Waals surface area contributed by atoms with Crippen molar-refractivity contribution in [3.8, 4) is 0 Å². The number of unbranched alkanes of at least 4 members (excludes halogenated alkanes) is 16. The molecule has 1 N–H and O–H groups in total. The lowest BCUT2D eigenvalue weighted by Gasteiger charge is -2.35. The van der Waals surface area contributed by atoms with Gasteiger partial charge in [0.2, 0.25) is 0 Å². The molecule has 4 nitrogen and oxygen atoms in total. The van der Waals surface area contributed by atoms with Crippen LogP contribution in [0.2, 0.25) is 0 Å². The minimum Gasteiger partial charge on any atom is -0.320 e. The molecule has 0 aliphatic heterocycles. The largest absolute Gasteiger partial charge is 0.385 e. The number of rotatable bonds is 23. The Bertz CT molecular complexity index is 488. The molecule has 0 saturated heterocycles. The molecule has 2 unspecified atom stereocenters. The Morgan fingerprint density at radius 2 is 1.12 bits per heavy atom. The molecule has 0 aromatic heterocycles. The first-order valence-electron chi connectivity index (χ1n) is 13.6. The maximum atomic E-state index is 12.5. The predicted molar refractivity (Wildman–Crippen MR) is 141 cm³/mol. The molecule has 2 atom stereocenters. The second kappa shape index (κ2) is 20.2. The van der Waals surface area contributed by atoms with E-state index in [2.05, 4.69) is 19.1 Å². The number of nitrogens with zero attached hydrogens (tertiary/aromatic N) is 1. The van der Waals surface area contributed by atoms with E-state index >= 15 is 0 Å². The maximum absolute atomic E-state index is 12.5. The van der Waals surface area contributed by atoms with Gasteiger partial charge >= 0.3 is 7.60 Å². The van der Waals surface area contributed by atoms with Crippen molar-refractivity contribution in [1.82, 2.24) is 0 Å². The minimum atomic E-state index is -3.55. The molecule has 0 aromatic rings. The second-order valence-corrected chi connectivity index (χ2v) is 12.4. The Morgan fingerprint density at radius 1 is 0.750 bits per heavy atom. The maximum Gasteiger partial charge on any atom is 0.385 e. The average molecular weight is 475 g/mol. The molecule has 0 amide bonds. The first-order valence-corrected chi connectivity index (χ1v) is 15.3. The van der Waals surface area contributed by atoms with Crippen LogP contribution in [0, 0.1) is 0 Å². The molecule has 0 aliphatic rings. The third-order valence-corrected chi connectivity index (χ3v) is 8.78. The number of hydrogen-bond donors (Lipinski definition) is 1. The molecule has 192 valence electrons. The molecule has 0 heterocycles. The van der Waals surface area contributed by atoms with Crippen molar-refractivity contribution in [3.63, 3.8) is 0 Å². The van der Waals surface area contributed by atoms with E-state index in [0.29, 0.717) is 17.5 Å². The number of allylic oxidation sites excluding steroid dienone is 2. The Hall–Kier alpha value is -0.150. The van der Waals surface area contributed by atoms with E-state index in [1.165, 1.54) is 96.3 Å². The number of hydrogen-bond acceptors (Lipinski definition) is 2. The van der Waals surface area contributed by atoms with Crippen LogP contribution in [0.3, 0.4) is 0 Å². The molecule has 0 radical (unpaired) electrons. The van der Waals surface area contributed by atoms with Crippen molar-refractivity contribution >= 4 is 7.60 Å². The predicted octanol–water partition coefficient (Wildman–Crippen LogP) is 8.84. The molecule has 0 bridgehead atoms. The van der Waals surface area contributed by atoms with E-state index < -0.39 is 7.60 Å². The first-order chi connectivity index (χ1) is 15.3.